The molecule has 2 aliphatic heterocycles. The molecule has 1 aromatic heterocycles. The van der Waals surface area contributed by atoms with Gasteiger partial charge in [0.15, 0.2) is 0 Å². The maximum Gasteiger partial charge on any atom is 0.317 e. The molecule has 2 saturated heterocycles. The summed E-state index contributed by atoms with van der Waals surface area (Å²) in [5, 5.41) is 3.86. The van der Waals surface area contributed by atoms with E-state index in [-0.39, 0.29) is 23.4 Å². The lowest BCUT2D eigenvalue weighted by Gasteiger charge is -2.36. The molecule has 0 aliphatic carbocycles. The number of amides is 3. The van der Waals surface area contributed by atoms with Crippen molar-refractivity contribution in [1.82, 2.24) is 20.1 Å². The number of hydrogen-bond acceptors (Lipinski definition) is 4. The first kappa shape index (κ1) is 17.2. The van der Waals surface area contributed by atoms with E-state index in [1.807, 2.05) is 16.7 Å². The summed E-state index contributed by atoms with van der Waals surface area (Å²) < 4.78 is 0. The van der Waals surface area contributed by atoms with Crippen molar-refractivity contribution in [3.05, 3.63) is 15.6 Å². The number of piperidine rings is 1. The SMILES string of the molecule is Cc1nc(C(C)(C)C)sc1C(=O)N1CCC(N2CCNC2=O)CC1. The van der Waals surface area contributed by atoms with Crippen LogP contribution < -0.4 is 5.32 Å². The molecule has 1 aromatic rings. The highest BCUT2D eigenvalue weighted by molar-refractivity contribution is 7.14. The Morgan fingerprint density at radius 1 is 1.25 bits per heavy atom. The number of thiazole rings is 1. The Labute approximate surface area is 147 Å². The van der Waals surface area contributed by atoms with Crippen LogP contribution in [0.2, 0.25) is 0 Å². The van der Waals surface area contributed by atoms with Gasteiger partial charge in [-0.3, -0.25) is 4.79 Å². The number of nitrogens with zero attached hydrogens (tertiary/aromatic N) is 3. The average Bonchev–Trinajstić information content (AvgIpc) is 3.12. The zero-order valence-corrected chi connectivity index (χ0v) is 15.7. The van der Waals surface area contributed by atoms with Crippen LogP contribution >= 0.6 is 11.3 Å². The highest BCUT2D eigenvalue weighted by Crippen LogP contribution is 2.30. The minimum Gasteiger partial charge on any atom is -0.338 e. The predicted octanol–water partition coefficient (Wildman–Crippen LogP) is 2.38. The highest BCUT2D eigenvalue weighted by Gasteiger charge is 2.33. The first-order valence-corrected chi connectivity index (χ1v) is 9.40. The molecule has 2 fully saturated rings. The lowest BCUT2D eigenvalue weighted by Crippen LogP contribution is -2.47. The number of likely N-dealkylation sites (tertiary alicyclic amines) is 1. The normalized spacial score (nSPS) is 19.8. The van der Waals surface area contributed by atoms with Crippen molar-refractivity contribution >= 4 is 23.3 Å². The molecule has 6 nitrogen and oxygen atoms in total. The topological polar surface area (TPSA) is 65.5 Å². The molecule has 0 unspecified atom stereocenters. The summed E-state index contributed by atoms with van der Waals surface area (Å²) >= 11 is 1.52. The number of aromatic nitrogens is 1. The molecule has 0 saturated carbocycles. The summed E-state index contributed by atoms with van der Waals surface area (Å²) in [6.07, 6.45) is 1.70. The molecule has 7 heteroatoms. The van der Waals surface area contributed by atoms with E-state index in [0.29, 0.717) is 13.1 Å². The Morgan fingerprint density at radius 3 is 2.42 bits per heavy atom. The van der Waals surface area contributed by atoms with Crippen molar-refractivity contribution < 1.29 is 9.59 Å². The Bertz CT molecular complexity index is 642. The second kappa shape index (κ2) is 6.35. The molecule has 1 N–H and O–H groups in total. The third-order valence-corrected chi connectivity index (χ3v) is 6.29. The summed E-state index contributed by atoms with van der Waals surface area (Å²) in [6.45, 7) is 11.2. The average molecular weight is 350 g/mol. The molecule has 24 heavy (non-hydrogen) atoms. The third kappa shape index (κ3) is 3.27. The van der Waals surface area contributed by atoms with Crippen molar-refractivity contribution in [2.75, 3.05) is 26.2 Å². The quantitative estimate of drug-likeness (QED) is 0.890. The number of nitrogens with one attached hydrogen (secondary N) is 1. The molecule has 0 spiro atoms. The molecule has 3 heterocycles. The lowest BCUT2D eigenvalue weighted by molar-refractivity contribution is 0.0670. The van der Waals surface area contributed by atoms with Crippen LogP contribution in [0.4, 0.5) is 4.79 Å². The summed E-state index contributed by atoms with van der Waals surface area (Å²) in [4.78, 5) is 33.8. The number of aryl methyl sites for hydroxylation is 1. The van der Waals surface area contributed by atoms with Crippen LogP contribution in [-0.2, 0) is 5.41 Å². The van der Waals surface area contributed by atoms with E-state index in [9.17, 15) is 9.59 Å². The Morgan fingerprint density at radius 2 is 1.92 bits per heavy atom. The molecule has 3 rings (SSSR count). The van der Waals surface area contributed by atoms with Gasteiger partial charge in [-0.25, -0.2) is 9.78 Å². The van der Waals surface area contributed by atoms with E-state index in [2.05, 4.69) is 31.1 Å². The number of hydrogen-bond donors (Lipinski definition) is 1. The molecule has 132 valence electrons. The lowest BCUT2D eigenvalue weighted by atomic mass is 9.98. The van der Waals surface area contributed by atoms with Gasteiger partial charge in [-0.15, -0.1) is 11.3 Å². The van der Waals surface area contributed by atoms with Crippen LogP contribution in [0.5, 0.6) is 0 Å². The maximum absolute atomic E-state index is 12.9. The van der Waals surface area contributed by atoms with E-state index in [1.54, 1.807) is 0 Å². The molecule has 2 aliphatic rings. The zero-order valence-electron chi connectivity index (χ0n) is 14.9. The van der Waals surface area contributed by atoms with Gasteiger partial charge in [-0.05, 0) is 19.8 Å². The van der Waals surface area contributed by atoms with E-state index in [0.717, 1.165) is 41.5 Å². The Hall–Kier alpha value is -1.63. The second-order valence-electron chi connectivity index (χ2n) is 7.63. The summed E-state index contributed by atoms with van der Waals surface area (Å²) in [6, 6.07) is 0.289. The number of carbonyl (C=O) groups excluding carboxylic acids is 2. The van der Waals surface area contributed by atoms with Crippen molar-refractivity contribution in [3.63, 3.8) is 0 Å². The largest absolute Gasteiger partial charge is 0.338 e. The first-order valence-electron chi connectivity index (χ1n) is 8.59. The van der Waals surface area contributed by atoms with E-state index < -0.39 is 0 Å². The summed E-state index contributed by atoms with van der Waals surface area (Å²) in [7, 11) is 0. The number of carbonyl (C=O) groups is 2. The fourth-order valence-electron chi connectivity index (χ4n) is 3.27. The highest BCUT2D eigenvalue weighted by atomic mass is 32.1. The van der Waals surface area contributed by atoms with E-state index in [1.165, 1.54) is 11.3 Å². The molecular formula is C17H26N4O2S. The van der Waals surface area contributed by atoms with E-state index >= 15 is 0 Å². The smallest absolute Gasteiger partial charge is 0.317 e. The van der Waals surface area contributed by atoms with Crippen LogP contribution in [0.15, 0.2) is 0 Å². The van der Waals surface area contributed by atoms with Gasteiger partial charge in [0.2, 0.25) is 0 Å². The standard InChI is InChI=1S/C17H26N4O2S/c1-11-13(24-15(19-11)17(2,3)4)14(22)20-8-5-12(6-9-20)21-10-7-18-16(21)23/h12H,5-10H2,1-4H3,(H,18,23). The van der Waals surface area contributed by atoms with Crippen LogP contribution in [0.1, 0.15) is 54.0 Å². The maximum atomic E-state index is 12.9. The van der Waals surface area contributed by atoms with Gasteiger partial charge in [-0.2, -0.15) is 0 Å². The molecule has 0 bridgehead atoms. The van der Waals surface area contributed by atoms with E-state index in [4.69, 9.17) is 0 Å². The monoisotopic (exact) mass is 350 g/mol. The fraction of sp³-hybridized carbons (Fsp3) is 0.706. The fourth-order valence-corrected chi connectivity index (χ4v) is 4.37. The van der Waals surface area contributed by atoms with Crippen LogP contribution in [0, 0.1) is 6.92 Å². The minimum absolute atomic E-state index is 0.0351. The zero-order chi connectivity index (χ0) is 17.5. The second-order valence-corrected chi connectivity index (χ2v) is 8.63. The third-order valence-electron chi connectivity index (χ3n) is 4.71. The predicted molar refractivity (Wildman–Crippen MR) is 94.6 cm³/mol. The molecule has 0 atom stereocenters. The van der Waals surface area contributed by atoms with Crippen molar-refractivity contribution in [1.29, 1.82) is 0 Å². The Balaban J connectivity index is 1.65. The van der Waals surface area contributed by atoms with Gasteiger partial charge < -0.3 is 15.1 Å². The van der Waals surface area contributed by atoms with Crippen LogP contribution in [0.25, 0.3) is 0 Å². The van der Waals surface area contributed by atoms with Crippen molar-refractivity contribution in [2.24, 2.45) is 0 Å². The van der Waals surface area contributed by atoms with Gasteiger partial charge in [-0.1, -0.05) is 20.8 Å². The first-order chi connectivity index (χ1) is 11.3. The molecule has 0 aromatic carbocycles. The van der Waals surface area contributed by atoms with Gasteiger partial charge in [0, 0.05) is 37.6 Å². The summed E-state index contributed by atoms with van der Waals surface area (Å²) in [5.41, 5.74) is 0.792. The van der Waals surface area contributed by atoms with Crippen LogP contribution in [-0.4, -0.2) is 58.9 Å². The molecule has 3 amide bonds. The van der Waals surface area contributed by atoms with Crippen molar-refractivity contribution in [2.45, 2.75) is 52.0 Å². The molecular weight excluding hydrogens is 324 g/mol. The Kier molecular flexibility index (Phi) is 4.55. The summed E-state index contributed by atoms with van der Waals surface area (Å²) in [5.74, 6) is 0.0878. The van der Waals surface area contributed by atoms with Gasteiger partial charge in [0.1, 0.15) is 4.88 Å². The van der Waals surface area contributed by atoms with Crippen molar-refractivity contribution in [3.8, 4) is 0 Å². The van der Waals surface area contributed by atoms with Gasteiger partial charge in [0.25, 0.3) is 5.91 Å². The van der Waals surface area contributed by atoms with Gasteiger partial charge in [0.05, 0.1) is 10.7 Å². The number of urea groups is 1. The van der Waals surface area contributed by atoms with Crippen LogP contribution in [0.3, 0.4) is 0 Å². The molecule has 0 radical (unpaired) electrons. The number of rotatable bonds is 2. The minimum atomic E-state index is -0.0376. The van der Waals surface area contributed by atoms with Gasteiger partial charge >= 0.3 is 6.03 Å².